The normalized spacial score (nSPS) is 12.7. The van der Waals surface area contributed by atoms with Crippen LogP contribution in [-0.2, 0) is 17.5 Å². The van der Waals surface area contributed by atoms with Gasteiger partial charge in [-0.2, -0.15) is 13.2 Å². The zero-order valence-electron chi connectivity index (χ0n) is 12.5. The summed E-state index contributed by atoms with van der Waals surface area (Å²) in [5.74, 6) is -0.873. The third kappa shape index (κ3) is 4.69. The van der Waals surface area contributed by atoms with Gasteiger partial charge in [0.2, 0.25) is 0 Å². The lowest BCUT2D eigenvalue weighted by atomic mass is 10.2. The topological polar surface area (TPSA) is 51.2 Å². The van der Waals surface area contributed by atoms with Gasteiger partial charge in [0.05, 0.1) is 12.1 Å². The maximum absolute atomic E-state index is 12.9. The molecule has 1 aromatic heterocycles. The minimum absolute atomic E-state index is 0.214. The number of para-hydroxylation sites is 1. The van der Waals surface area contributed by atoms with Gasteiger partial charge in [0.25, 0.3) is 5.91 Å². The highest BCUT2D eigenvalue weighted by atomic mass is 32.1. The van der Waals surface area contributed by atoms with Gasteiger partial charge in [-0.15, -0.1) is 11.3 Å². The van der Waals surface area contributed by atoms with Crippen LogP contribution in [0.15, 0.2) is 29.6 Å². The van der Waals surface area contributed by atoms with Crippen molar-refractivity contribution in [3.05, 3.63) is 45.9 Å². The summed E-state index contributed by atoms with van der Waals surface area (Å²) in [6.45, 7) is 3.45. The Kier molecular flexibility index (Phi) is 5.25. The monoisotopic (exact) mass is 344 g/mol. The molecule has 4 nitrogen and oxygen atoms in total. The maximum atomic E-state index is 12.9. The molecule has 0 unspecified atom stereocenters. The Morgan fingerprint density at radius 1 is 1.39 bits per heavy atom. The number of aryl methyl sites for hydroxylation is 1. The number of carbonyl (C=O) groups is 1. The number of thiazole rings is 1. The summed E-state index contributed by atoms with van der Waals surface area (Å²) in [5.41, 5.74) is -0.0575. The van der Waals surface area contributed by atoms with E-state index in [-0.39, 0.29) is 12.3 Å². The highest BCUT2D eigenvalue weighted by Crippen LogP contribution is 2.36. The number of alkyl halides is 3. The van der Waals surface area contributed by atoms with Crippen LogP contribution >= 0.6 is 11.3 Å². The van der Waals surface area contributed by atoms with Crippen LogP contribution in [0.5, 0.6) is 5.75 Å². The van der Waals surface area contributed by atoms with Crippen molar-refractivity contribution in [1.29, 1.82) is 0 Å². The van der Waals surface area contributed by atoms with Gasteiger partial charge in [0, 0.05) is 11.1 Å². The van der Waals surface area contributed by atoms with Crippen LogP contribution in [0, 0.1) is 6.92 Å². The van der Waals surface area contributed by atoms with Crippen molar-refractivity contribution in [1.82, 2.24) is 10.3 Å². The van der Waals surface area contributed by atoms with E-state index in [0.29, 0.717) is 0 Å². The van der Waals surface area contributed by atoms with Crippen molar-refractivity contribution >= 4 is 17.2 Å². The number of hydrogen-bond donors (Lipinski definition) is 1. The van der Waals surface area contributed by atoms with Crippen LogP contribution in [0.25, 0.3) is 0 Å². The molecule has 1 N–H and O–H groups in total. The SMILES string of the molecule is Cc1csc(CNC(=O)[C@H](C)Oc2ccccc2C(F)(F)F)n1. The van der Waals surface area contributed by atoms with Crippen molar-refractivity contribution in [2.75, 3.05) is 0 Å². The van der Waals surface area contributed by atoms with Crippen LogP contribution in [0.1, 0.15) is 23.2 Å². The number of benzene rings is 1. The van der Waals surface area contributed by atoms with E-state index >= 15 is 0 Å². The molecule has 0 fully saturated rings. The molecule has 1 atom stereocenters. The van der Waals surface area contributed by atoms with E-state index in [0.717, 1.165) is 16.8 Å². The largest absolute Gasteiger partial charge is 0.480 e. The molecule has 0 saturated carbocycles. The average molecular weight is 344 g/mol. The Hall–Kier alpha value is -2.09. The quantitative estimate of drug-likeness (QED) is 0.902. The molecular weight excluding hydrogens is 329 g/mol. The second kappa shape index (κ2) is 6.99. The molecule has 1 heterocycles. The summed E-state index contributed by atoms with van der Waals surface area (Å²) in [7, 11) is 0. The molecule has 0 spiro atoms. The standard InChI is InChI=1S/C15H15F3N2O2S/c1-9-8-23-13(20-9)7-19-14(21)10(2)22-12-6-4-3-5-11(12)15(16,17)18/h3-6,8,10H,7H2,1-2H3,(H,19,21)/t10-/m0/s1. The number of ether oxygens (including phenoxy) is 1. The number of carbonyl (C=O) groups excluding carboxylic acids is 1. The summed E-state index contributed by atoms with van der Waals surface area (Å²) in [6, 6.07) is 4.80. The summed E-state index contributed by atoms with van der Waals surface area (Å²) >= 11 is 1.40. The molecule has 2 rings (SSSR count). The van der Waals surface area contributed by atoms with Crippen molar-refractivity contribution in [3.63, 3.8) is 0 Å². The Morgan fingerprint density at radius 3 is 2.70 bits per heavy atom. The first kappa shape index (κ1) is 17.3. The van der Waals surface area contributed by atoms with Crippen LogP contribution < -0.4 is 10.1 Å². The number of halogens is 3. The van der Waals surface area contributed by atoms with Gasteiger partial charge in [-0.05, 0) is 26.0 Å². The van der Waals surface area contributed by atoms with E-state index in [1.54, 1.807) is 0 Å². The van der Waals surface area contributed by atoms with Crippen molar-refractivity contribution < 1.29 is 22.7 Å². The van der Waals surface area contributed by atoms with Gasteiger partial charge >= 0.3 is 6.18 Å². The lowest BCUT2D eigenvalue weighted by Gasteiger charge is -2.18. The zero-order valence-corrected chi connectivity index (χ0v) is 13.3. The summed E-state index contributed by atoms with van der Waals surface area (Å²) in [6.07, 6.45) is -5.59. The molecule has 0 aliphatic rings. The van der Waals surface area contributed by atoms with E-state index in [1.165, 1.54) is 36.5 Å². The molecular formula is C15H15F3N2O2S. The zero-order chi connectivity index (χ0) is 17.0. The number of aromatic nitrogens is 1. The molecule has 0 radical (unpaired) electrons. The lowest BCUT2D eigenvalue weighted by molar-refractivity contribution is -0.140. The lowest BCUT2D eigenvalue weighted by Crippen LogP contribution is -2.36. The van der Waals surface area contributed by atoms with Crippen molar-refractivity contribution in [3.8, 4) is 5.75 Å². The van der Waals surface area contributed by atoms with Crippen LogP contribution in [0.3, 0.4) is 0 Å². The van der Waals surface area contributed by atoms with Crippen molar-refractivity contribution in [2.45, 2.75) is 32.7 Å². The molecule has 1 amide bonds. The van der Waals surface area contributed by atoms with E-state index in [1.807, 2.05) is 12.3 Å². The summed E-state index contributed by atoms with van der Waals surface area (Å²) in [4.78, 5) is 16.1. The fraction of sp³-hybridized carbons (Fsp3) is 0.333. The Bertz CT molecular complexity index is 685. The van der Waals surface area contributed by atoms with Crippen molar-refractivity contribution in [2.24, 2.45) is 0 Å². The third-order valence-electron chi connectivity index (χ3n) is 2.95. The molecule has 8 heteroatoms. The van der Waals surface area contributed by atoms with E-state index in [4.69, 9.17) is 4.74 Å². The predicted octanol–water partition coefficient (Wildman–Crippen LogP) is 3.55. The van der Waals surface area contributed by atoms with E-state index < -0.39 is 23.8 Å². The van der Waals surface area contributed by atoms with Gasteiger partial charge in [-0.25, -0.2) is 4.98 Å². The first-order chi connectivity index (χ1) is 10.8. The molecule has 0 saturated heterocycles. The molecule has 0 aliphatic carbocycles. The van der Waals surface area contributed by atoms with Gasteiger partial charge in [0.1, 0.15) is 10.8 Å². The third-order valence-corrected chi connectivity index (χ3v) is 3.91. The fourth-order valence-corrected chi connectivity index (χ4v) is 2.55. The number of rotatable bonds is 5. The highest BCUT2D eigenvalue weighted by Gasteiger charge is 2.34. The van der Waals surface area contributed by atoms with Gasteiger partial charge in [0.15, 0.2) is 6.10 Å². The van der Waals surface area contributed by atoms with Gasteiger partial charge in [-0.3, -0.25) is 4.79 Å². The number of hydrogen-bond acceptors (Lipinski definition) is 4. The van der Waals surface area contributed by atoms with Crippen LogP contribution in [0.4, 0.5) is 13.2 Å². The van der Waals surface area contributed by atoms with Gasteiger partial charge in [-0.1, -0.05) is 12.1 Å². The van der Waals surface area contributed by atoms with Crippen LogP contribution in [-0.4, -0.2) is 17.0 Å². The first-order valence-corrected chi connectivity index (χ1v) is 7.67. The Balaban J connectivity index is 1.98. The number of nitrogens with zero attached hydrogens (tertiary/aromatic N) is 1. The Morgan fingerprint density at radius 2 is 2.09 bits per heavy atom. The molecule has 2 aromatic rings. The molecule has 1 aromatic carbocycles. The van der Waals surface area contributed by atoms with E-state index in [2.05, 4.69) is 10.3 Å². The fourth-order valence-electron chi connectivity index (χ4n) is 1.84. The second-order valence-electron chi connectivity index (χ2n) is 4.85. The first-order valence-electron chi connectivity index (χ1n) is 6.79. The molecule has 124 valence electrons. The average Bonchev–Trinajstić information content (AvgIpc) is 2.89. The summed E-state index contributed by atoms with van der Waals surface area (Å²) in [5, 5.41) is 5.16. The second-order valence-corrected chi connectivity index (χ2v) is 5.80. The van der Waals surface area contributed by atoms with Gasteiger partial charge < -0.3 is 10.1 Å². The number of nitrogens with one attached hydrogen (secondary N) is 1. The predicted molar refractivity (Wildman–Crippen MR) is 80.2 cm³/mol. The maximum Gasteiger partial charge on any atom is 0.419 e. The highest BCUT2D eigenvalue weighted by molar-refractivity contribution is 7.09. The molecule has 0 aliphatic heterocycles. The minimum atomic E-state index is -4.54. The Labute approximate surface area is 135 Å². The molecule has 23 heavy (non-hydrogen) atoms. The number of amides is 1. The smallest absolute Gasteiger partial charge is 0.419 e. The molecule has 0 bridgehead atoms. The summed E-state index contributed by atoms with van der Waals surface area (Å²) < 4.78 is 43.8. The van der Waals surface area contributed by atoms with E-state index in [9.17, 15) is 18.0 Å². The van der Waals surface area contributed by atoms with Crippen LogP contribution in [0.2, 0.25) is 0 Å². The minimum Gasteiger partial charge on any atom is -0.480 e.